The van der Waals surface area contributed by atoms with E-state index in [1.54, 1.807) is 18.2 Å². The number of aryl methyl sites for hydroxylation is 1. The molecule has 0 saturated carbocycles. The molecule has 0 aliphatic heterocycles. The summed E-state index contributed by atoms with van der Waals surface area (Å²) in [7, 11) is -4.23. The lowest BCUT2D eigenvalue weighted by atomic mass is 9.99. The van der Waals surface area contributed by atoms with Crippen LogP contribution >= 0.6 is 0 Å². The number of nitrogens with zero attached hydrogens (tertiary/aromatic N) is 1. The number of rotatable bonds is 5. The van der Waals surface area contributed by atoms with Crippen molar-refractivity contribution in [1.82, 2.24) is 0 Å². The van der Waals surface area contributed by atoms with Crippen LogP contribution in [0.15, 0.2) is 47.4 Å². The van der Waals surface area contributed by atoms with Crippen LogP contribution in [0.3, 0.4) is 0 Å². The van der Waals surface area contributed by atoms with E-state index in [4.69, 9.17) is 5.26 Å². The van der Waals surface area contributed by atoms with Crippen molar-refractivity contribution < 1.29 is 13.0 Å². The number of nitriles is 1. The third-order valence-corrected chi connectivity index (χ3v) is 4.54. The van der Waals surface area contributed by atoms with E-state index >= 15 is 0 Å². The van der Waals surface area contributed by atoms with Crippen LogP contribution < -0.4 is 5.32 Å². The Morgan fingerprint density at radius 3 is 2.39 bits per heavy atom. The minimum Gasteiger partial charge on any atom is -0.378 e. The molecule has 0 saturated heterocycles. The largest absolute Gasteiger partial charge is 0.378 e. The molecule has 0 aliphatic carbocycles. The fourth-order valence-corrected chi connectivity index (χ4v) is 2.91. The van der Waals surface area contributed by atoms with Crippen LogP contribution in [-0.2, 0) is 10.1 Å². The van der Waals surface area contributed by atoms with Crippen molar-refractivity contribution in [2.24, 2.45) is 0 Å². The number of nitrogens with one attached hydrogen (secondary N) is 1. The van der Waals surface area contributed by atoms with Crippen molar-refractivity contribution in [3.63, 3.8) is 0 Å². The second kappa shape index (κ2) is 6.82. The van der Waals surface area contributed by atoms with E-state index in [-0.39, 0.29) is 10.9 Å². The number of hydrogen-bond donors (Lipinski definition) is 2. The average molecular weight is 330 g/mol. The first-order valence-electron chi connectivity index (χ1n) is 7.20. The Morgan fingerprint density at radius 1 is 1.22 bits per heavy atom. The predicted octanol–water partition coefficient (Wildman–Crippen LogP) is 3.68. The van der Waals surface area contributed by atoms with Gasteiger partial charge in [0, 0.05) is 5.69 Å². The van der Waals surface area contributed by atoms with Crippen molar-refractivity contribution in [1.29, 1.82) is 5.26 Å². The van der Waals surface area contributed by atoms with Crippen LogP contribution in [-0.4, -0.2) is 13.0 Å². The SMILES string of the molecule is CCC(Nc1ccc(C#N)cc1)c1cc(S(=O)(=O)O)ccc1C. The van der Waals surface area contributed by atoms with Gasteiger partial charge >= 0.3 is 0 Å². The van der Waals surface area contributed by atoms with Crippen molar-refractivity contribution in [2.45, 2.75) is 31.2 Å². The summed E-state index contributed by atoms with van der Waals surface area (Å²) in [5.74, 6) is 0. The van der Waals surface area contributed by atoms with Gasteiger partial charge in [-0.05, 0) is 60.9 Å². The lowest BCUT2D eigenvalue weighted by Gasteiger charge is -2.21. The molecule has 0 aliphatic rings. The second-order valence-electron chi connectivity index (χ2n) is 5.29. The van der Waals surface area contributed by atoms with Crippen LogP contribution in [0.2, 0.25) is 0 Å². The fourth-order valence-electron chi connectivity index (χ4n) is 2.40. The van der Waals surface area contributed by atoms with E-state index in [0.29, 0.717) is 5.56 Å². The van der Waals surface area contributed by atoms with Gasteiger partial charge in [0.2, 0.25) is 0 Å². The van der Waals surface area contributed by atoms with Gasteiger partial charge < -0.3 is 5.32 Å². The molecule has 0 heterocycles. The highest BCUT2D eigenvalue weighted by molar-refractivity contribution is 7.85. The molecule has 1 unspecified atom stereocenters. The molecule has 0 radical (unpaired) electrons. The molecule has 2 aromatic rings. The molecular weight excluding hydrogens is 312 g/mol. The van der Waals surface area contributed by atoms with Gasteiger partial charge in [-0.2, -0.15) is 13.7 Å². The summed E-state index contributed by atoms with van der Waals surface area (Å²) < 4.78 is 31.9. The van der Waals surface area contributed by atoms with E-state index in [0.717, 1.165) is 23.2 Å². The Bertz CT molecular complexity index is 837. The van der Waals surface area contributed by atoms with Crippen LogP contribution in [0.25, 0.3) is 0 Å². The molecule has 5 nitrogen and oxygen atoms in total. The summed E-state index contributed by atoms with van der Waals surface area (Å²) in [6.07, 6.45) is 0.732. The zero-order chi connectivity index (χ0) is 17.0. The number of benzene rings is 2. The summed E-state index contributed by atoms with van der Waals surface area (Å²) in [6, 6.07) is 13.6. The van der Waals surface area contributed by atoms with Crippen LogP contribution in [0.4, 0.5) is 5.69 Å². The van der Waals surface area contributed by atoms with Gasteiger partial charge in [0.15, 0.2) is 0 Å². The Labute approximate surface area is 136 Å². The van der Waals surface area contributed by atoms with E-state index in [2.05, 4.69) is 11.4 Å². The predicted molar refractivity (Wildman–Crippen MR) is 88.8 cm³/mol. The van der Waals surface area contributed by atoms with Gasteiger partial charge in [-0.1, -0.05) is 13.0 Å². The number of anilines is 1. The molecule has 2 aromatic carbocycles. The summed E-state index contributed by atoms with van der Waals surface area (Å²) in [6.45, 7) is 3.88. The van der Waals surface area contributed by atoms with Crippen LogP contribution in [0, 0.1) is 18.3 Å². The molecule has 0 fully saturated rings. The summed E-state index contributed by atoms with van der Waals surface area (Å²) >= 11 is 0. The highest BCUT2D eigenvalue weighted by Gasteiger charge is 2.17. The normalized spacial score (nSPS) is 12.4. The molecule has 2 rings (SSSR count). The van der Waals surface area contributed by atoms with Crippen molar-refractivity contribution in [2.75, 3.05) is 5.32 Å². The second-order valence-corrected chi connectivity index (χ2v) is 6.71. The van der Waals surface area contributed by atoms with E-state index in [1.165, 1.54) is 12.1 Å². The van der Waals surface area contributed by atoms with Crippen LogP contribution in [0.5, 0.6) is 0 Å². The standard InChI is InChI=1S/C17H18N2O3S/c1-3-17(19-14-7-5-13(11-18)6-8-14)16-10-15(23(20,21)22)9-4-12(16)2/h4-10,17,19H,3H2,1-2H3,(H,20,21,22). The minimum absolute atomic E-state index is 0.107. The first-order valence-corrected chi connectivity index (χ1v) is 8.64. The Hall–Kier alpha value is -2.36. The maximum Gasteiger partial charge on any atom is 0.294 e. The average Bonchev–Trinajstić information content (AvgIpc) is 2.53. The minimum atomic E-state index is -4.23. The van der Waals surface area contributed by atoms with Gasteiger partial charge in [0.05, 0.1) is 22.6 Å². The van der Waals surface area contributed by atoms with Gasteiger partial charge in [-0.3, -0.25) is 4.55 Å². The highest BCUT2D eigenvalue weighted by atomic mass is 32.2. The topological polar surface area (TPSA) is 90.2 Å². The zero-order valence-corrected chi connectivity index (χ0v) is 13.8. The van der Waals surface area contributed by atoms with Gasteiger partial charge in [-0.25, -0.2) is 0 Å². The van der Waals surface area contributed by atoms with Gasteiger partial charge in [-0.15, -0.1) is 0 Å². The quantitative estimate of drug-likeness (QED) is 0.816. The van der Waals surface area contributed by atoms with Crippen LogP contribution in [0.1, 0.15) is 36.1 Å². The maximum atomic E-state index is 11.3. The molecule has 0 spiro atoms. The molecular formula is C17H18N2O3S. The molecule has 0 aromatic heterocycles. The molecule has 1 atom stereocenters. The Morgan fingerprint density at radius 2 is 1.87 bits per heavy atom. The lowest BCUT2D eigenvalue weighted by Crippen LogP contribution is -2.12. The van der Waals surface area contributed by atoms with Crippen molar-refractivity contribution in [3.8, 4) is 6.07 Å². The summed E-state index contributed by atoms with van der Waals surface area (Å²) in [5, 5.41) is 12.2. The third-order valence-electron chi connectivity index (χ3n) is 3.69. The first kappa shape index (κ1) is 17.0. The molecule has 0 bridgehead atoms. The molecule has 23 heavy (non-hydrogen) atoms. The lowest BCUT2D eigenvalue weighted by molar-refractivity contribution is 0.483. The van der Waals surface area contributed by atoms with E-state index in [1.807, 2.05) is 26.0 Å². The highest BCUT2D eigenvalue weighted by Crippen LogP contribution is 2.27. The molecule has 120 valence electrons. The van der Waals surface area contributed by atoms with E-state index in [9.17, 15) is 13.0 Å². The summed E-state index contributed by atoms with van der Waals surface area (Å²) in [5.41, 5.74) is 3.16. The fraction of sp³-hybridized carbons (Fsp3) is 0.235. The molecule has 2 N–H and O–H groups in total. The van der Waals surface area contributed by atoms with Crippen molar-refractivity contribution in [3.05, 3.63) is 59.2 Å². The van der Waals surface area contributed by atoms with Crippen molar-refractivity contribution >= 4 is 15.8 Å². The van der Waals surface area contributed by atoms with Gasteiger partial charge in [0.1, 0.15) is 0 Å². The monoisotopic (exact) mass is 330 g/mol. The van der Waals surface area contributed by atoms with Gasteiger partial charge in [0.25, 0.3) is 10.1 Å². The Kier molecular flexibility index (Phi) is 5.04. The van der Waals surface area contributed by atoms with E-state index < -0.39 is 10.1 Å². The Balaban J connectivity index is 2.35. The molecule has 0 amide bonds. The first-order chi connectivity index (χ1) is 10.8. The summed E-state index contributed by atoms with van der Waals surface area (Å²) in [4.78, 5) is -0.113. The third kappa shape index (κ3) is 4.09. The maximum absolute atomic E-state index is 11.3. The zero-order valence-electron chi connectivity index (χ0n) is 12.9. The smallest absolute Gasteiger partial charge is 0.294 e. The molecule has 6 heteroatoms. The number of hydrogen-bond acceptors (Lipinski definition) is 4.